The normalized spacial score (nSPS) is 15.4. The van der Waals surface area contributed by atoms with Gasteiger partial charge in [0.1, 0.15) is 17.5 Å². The van der Waals surface area contributed by atoms with Crippen molar-refractivity contribution in [2.45, 2.75) is 24.3 Å². The average molecular weight is 414 g/mol. The monoisotopic (exact) mass is 414 g/mol. The van der Waals surface area contributed by atoms with Crippen LogP contribution in [0.15, 0.2) is 64.6 Å². The van der Waals surface area contributed by atoms with Gasteiger partial charge in [0.2, 0.25) is 5.96 Å². The van der Waals surface area contributed by atoms with Crippen molar-refractivity contribution in [1.29, 1.82) is 0 Å². The van der Waals surface area contributed by atoms with Gasteiger partial charge in [-0.15, -0.1) is 0 Å². The van der Waals surface area contributed by atoms with Gasteiger partial charge in [-0.05, 0) is 47.8 Å². The van der Waals surface area contributed by atoms with E-state index in [0.717, 1.165) is 4.90 Å². The summed E-state index contributed by atoms with van der Waals surface area (Å²) in [7, 11) is 0. The third-order valence-electron chi connectivity index (χ3n) is 4.68. The Labute approximate surface area is 170 Å². The first kappa shape index (κ1) is 19.3. The minimum Gasteiger partial charge on any atom is -0.324 e. The van der Waals surface area contributed by atoms with Crippen molar-refractivity contribution in [3.8, 4) is 0 Å². The first-order chi connectivity index (χ1) is 14.0. The Balaban J connectivity index is 1.67. The maximum absolute atomic E-state index is 14.8. The Morgan fingerprint density at radius 2 is 1.79 bits per heavy atom. The van der Waals surface area contributed by atoms with E-state index in [2.05, 4.69) is 20.0 Å². The lowest BCUT2D eigenvalue weighted by atomic mass is 9.91. The predicted octanol–water partition coefficient (Wildman–Crippen LogP) is 5.23. The number of aliphatic imine (C=N–C) groups is 1. The molecule has 1 aliphatic heterocycles. The van der Waals surface area contributed by atoms with Gasteiger partial charge in [-0.3, -0.25) is 9.71 Å². The van der Waals surface area contributed by atoms with Gasteiger partial charge in [-0.25, -0.2) is 18.2 Å². The lowest BCUT2D eigenvalue weighted by Gasteiger charge is -2.26. The van der Waals surface area contributed by atoms with Crippen LogP contribution in [-0.2, 0) is 6.54 Å². The molecule has 148 valence electrons. The molecule has 3 aromatic rings. The van der Waals surface area contributed by atoms with E-state index in [1.165, 1.54) is 42.4 Å². The second kappa shape index (κ2) is 8.16. The SMILES string of the molecule is CC(c1ccccc1F)c1c(F)ccc2c1NC(=NCc1ncccc1F)NS2. The molecular formula is C21H17F3N4S. The number of nitrogens with zero attached hydrogens (tertiary/aromatic N) is 2. The zero-order chi connectivity index (χ0) is 20.4. The topological polar surface area (TPSA) is 49.3 Å². The molecular weight excluding hydrogens is 397 g/mol. The summed E-state index contributed by atoms with van der Waals surface area (Å²) >= 11 is 1.26. The van der Waals surface area contributed by atoms with Crippen LogP contribution < -0.4 is 10.0 Å². The van der Waals surface area contributed by atoms with E-state index in [4.69, 9.17) is 0 Å². The van der Waals surface area contributed by atoms with E-state index in [-0.39, 0.29) is 12.2 Å². The molecule has 0 fully saturated rings. The molecule has 1 unspecified atom stereocenters. The molecule has 0 bridgehead atoms. The summed E-state index contributed by atoms with van der Waals surface area (Å²) in [5.74, 6) is -1.45. The van der Waals surface area contributed by atoms with E-state index in [9.17, 15) is 13.2 Å². The highest BCUT2D eigenvalue weighted by molar-refractivity contribution is 7.98. The van der Waals surface area contributed by atoms with Crippen LogP contribution >= 0.6 is 11.9 Å². The molecule has 4 rings (SSSR count). The molecule has 2 aromatic carbocycles. The number of aromatic nitrogens is 1. The van der Waals surface area contributed by atoms with Crippen LogP contribution in [0.25, 0.3) is 0 Å². The smallest absolute Gasteiger partial charge is 0.206 e. The number of rotatable bonds is 4. The number of nitrogens with one attached hydrogen (secondary N) is 2. The standard InChI is InChI=1S/C21H17F3N4S/c1-12(13-5-2-3-6-14(13)22)19-16(24)8-9-18-20(19)27-21(28-29-18)26-11-17-15(23)7-4-10-25-17/h2-10,12H,11H2,1H3,(H2,26,27,28). The molecule has 4 nitrogen and oxygen atoms in total. The molecule has 2 heterocycles. The maximum Gasteiger partial charge on any atom is 0.206 e. The van der Waals surface area contributed by atoms with Crippen molar-refractivity contribution in [2.24, 2.45) is 4.99 Å². The quantitative estimate of drug-likeness (QED) is 0.574. The minimum atomic E-state index is -0.521. The fraction of sp³-hybridized carbons (Fsp3) is 0.143. The molecule has 8 heteroatoms. The molecule has 0 saturated carbocycles. The Kier molecular flexibility index (Phi) is 5.44. The average Bonchev–Trinajstić information content (AvgIpc) is 2.73. The van der Waals surface area contributed by atoms with Gasteiger partial charge < -0.3 is 5.32 Å². The number of halogens is 3. The molecule has 1 aliphatic rings. The van der Waals surface area contributed by atoms with Crippen LogP contribution in [0.1, 0.15) is 29.7 Å². The molecule has 0 saturated heterocycles. The summed E-state index contributed by atoms with van der Waals surface area (Å²) in [6, 6.07) is 12.2. The summed E-state index contributed by atoms with van der Waals surface area (Å²) < 4.78 is 45.8. The summed E-state index contributed by atoms with van der Waals surface area (Å²) in [6.07, 6.45) is 1.49. The number of anilines is 1. The Hall–Kier alpha value is -3.00. The summed E-state index contributed by atoms with van der Waals surface area (Å²) in [4.78, 5) is 9.04. The van der Waals surface area contributed by atoms with Crippen LogP contribution in [0.4, 0.5) is 18.9 Å². The molecule has 2 N–H and O–H groups in total. The van der Waals surface area contributed by atoms with Crippen LogP contribution in [0.2, 0.25) is 0 Å². The second-order valence-corrected chi connectivity index (χ2v) is 7.35. The van der Waals surface area contributed by atoms with Gasteiger partial charge >= 0.3 is 0 Å². The Bertz CT molecular complexity index is 1090. The second-order valence-electron chi connectivity index (χ2n) is 6.50. The van der Waals surface area contributed by atoms with Crippen LogP contribution in [-0.4, -0.2) is 10.9 Å². The van der Waals surface area contributed by atoms with Crippen LogP contribution in [0.5, 0.6) is 0 Å². The predicted molar refractivity (Wildman–Crippen MR) is 108 cm³/mol. The molecule has 0 spiro atoms. The third-order valence-corrected chi connectivity index (χ3v) is 5.54. The molecule has 1 aromatic heterocycles. The van der Waals surface area contributed by atoms with Crippen LogP contribution in [0.3, 0.4) is 0 Å². The van der Waals surface area contributed by atoms with Gasteiger partial charge in [-0.2, -0.15) is 0 Å². The minimum absolute atomic E-state index is 0.0193. The molecule has 29 heavy (non-hydrogen) atoms. The van der Waals surface area contributed by atoms with Crippen molar-refractivity contribution < 1.29 is 13.2 Å². The lowest BCUT2D eigenvalue weighted by Crippen LogP contribution is -2.30. The van der Waals surface area contributed by atoms with Gasteiger partial charge in [0.15, 0.2) is 0 Å². The van der Waals surface area contributed by atoms with Crippen molar-refractivity contribution in [3.05, 3.63) is 89.0 Å². The van der Waals surface area contributed by atoms with Crippen molar-refractivity contribution in [3.63, 3.8) is 0 Å². The number of pyridine rings is 1. The number of hydrogen-bond acceptors (Lipinski definition) is 3. The number of benzene rings is 2. The highest BCUT2D eigenvalue weighted by atomic mass is 32.2. The molecule has 0 radical (unpaired) electrons. The fourth-order valence-corrected chi connectivity index (χ4v) is 3.92. The zero-order valence-corrected chi connectivity index (χ0v) is 16.2. The Morgan fingerprint density at radius 3 is 2.59 bits per heavy atom. The molecule has 1 atom stereocenters. The summed E-state index contributed by atoms with van der Waals surface area (Å²) in [6.45, 7) is 1.77. The Morgan fingerprint density at radius 1 is 1.00 bits per heavy atom. The number of hydrogen-bond donors (Lipinski definition) is 2. The van der Waals surface area contributed by atoms with Gasteiger partial charge in [0.25, 0.3) is 0 Å². The van der Waals surface area contributed by atoms with Gasteiger partial charge in [0.05, 0.1) is 22.8 Å². The highest BCUT2D eigenvalue weighted by Gasteiger charge is 2.25. The van der Waals surface area contributed by atoms with E-state index in [1.54, 1.807) is 31.2 Å². The number of fused-ring (bicyclic) bond motifs is 1. The molecule has 0 amide bonds. The molecule has 0 aliphatic carbocycles. The van der Waals surface area contributed by atoms with E-state index >= 15 is 0 Å². The zero-order valence-electron chi connectivity index (χ0n) is 15.4. The first-order valence-electron chi connectivity index (χ1n) is 8.95. The fourth-order valence-electron chi connectivity index (χ4n) is 3.20. The lowest BCUT2D eigenvalue weighted by molar-refractivity contribution is 0.581. The van der Waals surface area contributed by atoms with E-state index < -0.39 is 23.4 Å². The maximum atomic E-state index is 14.8. The summed E-state index contributed by atoms with van der Waals surface area (Å²) in [5.41, 5.74) is 1.47. The third kappa shape index (κ3) is 3.93. The van der Waals surface area contributed by atoms with Gasteiger partial charge in [0, 0.05) is 17.7 Å². The largest absolute Gasteiger partial charge is 0.324 e. The van der Waals surface area contributed by atoms with Gasteiger partial charge in [-0.1, -0.05) is 25.1 Å². The highest BCUT2D eigenvalue weighted by Crippen LogP contribution is 2.40. The van der Waals surface area contributed by atoms with Crippen molar-refractivity contribution >= 4 is 23.6 Å². The van der Waals surface area contributed by atoms with E-state index in [0.29, 0.717) is 22.8 Å². The van der Waals surface area contributed by atoms with E-state index in [1.807, 2.05) is 0 Å². The van der Waals surface area contributed by atoms with Crippen molar-refractivity contribution in [1.82, 2.24) is 9.71 Å². The number of guanidine groups is 1. The van der Waals surface area contributed by atoms with Crippen molar-refractivity contribution in [2.75, 3.05) is 5.32 Å². The van der Waals surface area contributed by atoms with Crippen LogP contribution in [0, 0.1) is 17.5 Å². The first-order valence-corrected chi connectivity index (χ1v) is 9.76. The summed E-state index contributed by atoms with van der Waals surface area (Å²) in [5, 5.41) is 3.07.